The summed E-state index contributed by atoms with van der Waals surface area (Å²) >= 11 is 0. The van der Waals surface area contributed by atoms with Crippen molar-refractivity contribution in [2.45, 2.75) is 6.52 Å². The van der Waals surface area contributed by atoms with Gasteiger partial charge in [-0.2, -0.15) is 4.57 Å². The lowest BCUT2D eigenvalue weighted by atomic mass is 10.4. The molecule has 1 aromatic heterocycles. The van der Waals surface area contributed by atoms with Crippen LogP contribution in [0.5, 0.6) is 0 Å². The van der Waals surface area contributed by atoms with Crippen LogP contribution in [0.4, 0.5) is 0 Å². The molecule has 1 aliphatic rings. The fourth-order valence-corrected chi connectivity index (χ4v) is 0.980. The molecule has 1 nitrogen and oxygen atoms in total. The monoisotopic (exact) mass is 119 g/mol. The van der Waals surface area contributed by atoms with Gasteiger partial charge in [-0.05, 0) is 12.1 Å². The van der Waals surface area contributed by atoms with Gasteiger partial charge >= 0.3 is 0 Å². The Balaban J connectivity index is 2.59. The Morgan fingerprint density at radius 1 is 1.56 bits per heavy atom. The van der Waals surface area contributed by atoms with Crippen LogP contribution in [0.1, 0.15) is 7.06 Å². The highest BCUT2D eigenvalue weighted by molar-refractivity contribution is 5.42. The molecule has 9 heavy (non-hydrogen) atoms. The minimum absolute atomic E-state index is 0.212. The molecule has 0 aliphatic carbocycles. The second-order valence-corrected chi connectivity index (χ2v) is 2.04. The summed E-state index contributed by atoms with van der Waals surface area (Å²) in [6.45, 7) is -0.212. The van der Waals surface area contributed by atoms with Crippen molar-refractivity contribution >= 4 is 6.08 Å². The number of nitrogens with zero attached hydrogens (tertiary/aromatic N) is 1. The van der Waals surface area contributed by atoms with Gasteiger partial charge in [-0.1, -0.05) is 0 Å². The lowest BCUT2D eigenvalue weighted by Crippen LogP contribution is -2.31. The van der Waals surface area contributed by atoms with Crippen LogP contribution >= 0.6 is 0 Å². The Labute approximate surface area is 55.7 Å². The van der Waals surface area contributed by atoms with Crippen molar-refractivity contribution in [2.24, 2.45) is 0 Å². The van der Waals surface area contributed by atoms with Gasteiger partial charge in [-0.25, -0.2) is 0 Å². The SMILES string of the molecule is [2H]C1C=Cc2cccc[n+]21. The first-order valence-corrected chi connectivity index (χ1v) is 2.98. The molecule has 1 unspecified atom stereocenters. The van der Waals surface area contributed by atoms with Crippen molar-refractivity contribution in [2.75, 3.05) is 0 Å². The maximum Gasteiger partial charge on any atom is 0.205 e. The molecule has 0 bridgehead atoms. The molecule has 1 heteroatoms. The lowest BCUT2D eigenvalue weighted by molar-refractivity contribution is -0.684. The minimum Gasteiger partial charge on any atom is -0.195 e. The van der Waals surface area contributed by atoms with E-state index in [-0.39, 0.29) is 6.52 Å². The van der Waals surface area contributed by atoms with Gasteiger partial charge in [0.25, 0.3) is 0 Å². The molecule has 0 fully saturated rings. The van der Waals surface area contributed by atoms with Gasteiger partial charge in [0.2, 0.25) is 5.69 Å². The van der Waals surface area contributed by atoms with E-state index in [2.05, 4.69) is 0 Å². The van der Waals surface area contributed by atoms with Crippen molar-refractivity contribution in [3.63, 3.8) is 0 Å². The van der Waals surface area contributed by atoms with E-state index in [9.17, 15) is 0 Å². The first-order valence-electron chi connectivity index (χ1n) is 3.56. The van der Waals surface area contributed by atoms with E-state index in [0.29, 0.717) is 0 Å². The third kappa shape index (κ3) is 0.653. The molecular formula is C8H8N+. The predicted molar refractivity (Wildman–Crippen MR) is 35.7 cm³/mol. The van der Waals surface area contributed by atoms with Crippen LogP contribution in [0.15, 0.2) is 30.5 Å². The van der Waals surface area contributed by atoms with Crippen LogP contribution in [-0.4, -0.2) is 0 Å². The van der Waals surface area contributed by atoms with Gasteiger partial charge in [0, 0.05) is 18.2 Å². The number of hydrogen-bond donors (Lipinski definition) is 0. The number of aromatic nitrogens is 1. The quantitative estimate of drug-likeness (QED) is 0.448. The van der Waals surface area contributed by atoms with E-state index in [1.54, 1.807) is 0 Å². The van der Waals surface area contributed by atoms with Crippen molar-refractivity contribution in [3.8, 4) is 0 Å². The fourth-order valence-electron chi connectivity index (χ4n) is 0.980. The number of fused-ring (bicyclic) bond motifs is 1. The first kappa shape index (κ1) is 3.83. The summed E-state index contributed by atoms with van der Waals surface area (Å²) in [5, 5.41) is 0. The van der Waals surface area contributed by atoms with Crippen LogP contribution in [-0.2, 0) is 6.52 Å². The van der Waals surface area contributed by atoms with Gasteiger partial charge in [0.05, 0.1) is 0 Å². The molecule has 44 valence electrons. The van der Waals surface area contributed by atoms with E-state index in [0.717, 1.165) is 5.69 Å². The average Bonchev–Trinajstić information content (AvgIpc) is 2.34. The standard InChI is InChI=1S/C8H8N/c1-2-6-9-7-3-5-8(9)4-1/h1-6H,7H2/q+1/i7D. The van der Waals surface area contributed by atoms with Crippen molar-refractivity contribution in [1.29, 1.82) is 0 Å². The molecular weight excluding hydrogens is 110 g/mol. The van der Waals surface area contributed by atoms with E-state index >= 15 is 0 Å². The zero-order valence-electron chi connectivity index (χ0n) is 5.99. The molecule has 0 saturated carbocycles. The zero-order valence-corrected chi connectivity index (χ0v) is 4.99. The van der Waals surface area contributed by atoms with Gasteiger partial charge < -0.3 is 0 Å². The third-order valence-corrected chi connectivity index (χ3v) is 1.44. The van der Waals surface area contributed by atoms with E-state index in [1.807, 2.05) is 41.1 Å². The Hall–Kier alpha value is -1.11. The summed E-state index contributed by atoms with van der Waals surface area (Å²) in [4.78, 5) is 0. The second-order valence-electron chi connectivity index (χ2n) is 2.04. The predicted octanol–water partition coefficient (Wildman–Crippen LogP) is 1.00. The molecule has 0 radical (unpaired) electrons. The van der Waals surface area contributed by atoms with Crippen molar-refractivity contribution in [3.05, 3.63) is 36.2 Å². The molecule has 2 heterocycles. The summed E-state index contributed by atoms with van der Waals surface area (Å²) < 4.78 is 9.41. The van der Waals surface area contributed by atoms with Gasteiger partial charge in [0.1, 0.15) is 1.37 Å². The molecule has 0 aromatic carbocycles. The topological polar surface area (TPSA) is 3.88 Å². The molecule has 0 saturated heterocycles. The lowest BCUT2D eigenvalue weighted by Gasteiger charge is -1.87. The zero-order chi connectivity index (χ0) is 6.97. The average molecular weight is 119 g/mol. The van der Waals surface area contributed by atoms with Gasteiger partial charge in [-0.3, -0.25) is 0 Å². The summed E-state index contributed by atoms with van der Waals surface area (Å²) in [6.07, 6.45) is 5.76. The molecule has 0 N–H and O–H groups in total. The maximum absolute atomic E-state index is 7.49. The van der Waals surface area contributed by atoms with Gasteiger partial charge in [-0.15, -0.1) is 0 Å². The van der Waals surface area contributed by atoms with E-state index < -0.39 is 0 Å². The first-order chi connectivity index (χ1) is 4.88. The smallest absolute Gasteiger partial charge is 0.195 e. The summed E-state index contributed by atoms with van der Waals surface area (Å²) in [7, 11) is 0. The normalized spacial score (nSPS) is 23.6. The largest absolute Gasteiger partial charge is 0.205 e. The van der Waals surface area contributed by atoms with Crippen LogP contribution in [0.2, 0.25) is 0 Å². The fraction of sp³-hybridized carbons (Fsp3) is 0.125. The molecule has 2 rings (SSSR count). The summed E-state index contributed by atoms with van der Waals surface area (Å²) in [6, 6.07) is 5.93. The maximum atomic E-state index is 7.49. The van der Waals surface area contributed by atoms with Crippen LogP contribution in [0.25, 0.3) is 6.08 Å². The molecule has 0 amide bonds. The van der Waals surface area contributed by atoms with Gasteiger partial charge in [0.15, 0.2) is 12.7 Å². The molecule has 1 aliphatic heterocycles. The Morgan fingerprint density at radius 3 is 3.44 bits per heavy atom. The van der Waals surface area contributed by atoms with Crippen LogP contribution in [0, 0.1) is 0 Å². The number of hydrogen-bond acceptors (Lipinski definition) is 0. The number of pyridine rings is 1. The van der Waals surface area contributed by atoms with Crippen molar-refractivity contribution < 1.29 is 5.94 Å². The number of rotatable bonds is 0. The summed E-state index contributed by atoms with van der Waals surface area (Å²) in [5.74, 6) is 0. The van der Waals surface area contributed by atoms with Crippen molar-refractivity contribution in [1.82, 2.24) is 0 Å². The molecule has 1 aromatic rings. The highest BCUT2D eigenvalue weighted by Gasteiger charge is 2.08. The Morgan fingerprint density at radius 2 is 2.56 bits per heavy atom. The molecule has 0 spiro atoms. The van der Waals surface area contributed by atoms with Crippen LogP contribution in [0.3, 0.4) is 0 Å². The van der Waals surface area contributed by atoms with Crippen LogP contribution < -0.4 is 4.57 Å². The minimum atomic E-state index is -0.212. The third-order valence-electron chi connectivity index (χ3n) is 1.44. The highest BCUT2D eigenvalue weighted by atomic mass is 15.0. The number of allylic oxidation sites excluding steroid dienone is 1. The van der Waals surface area contributed by atoms with E-state index in [1.165, 1.54) is 0 Å². The Bertz CT molecular complexity index is 280. The molecule has 1 atom stereocenters. The Kier molecular flexibility index (Phi) is 0.719. The highest BCUT2D eigenvalue weighted by Crippen LogP contribution is 1.99. The second kappa shape index (κ2) is 1.69. The summed E-state index contributed by atoms with van der Waals surface area (Å²) in [5.41, 5.74) is 1.11. The van der Waals surface area contributed by atoms with E-state index in [4.69, 9.17) is 1.37 Å².